The predicted molar refractivity (Wildman–Crippen MR) is 95.4 cm³/mol. The van der Waals surface area contributed by atoms with Gasteiger partial charge in [-0.15, -0.1) is 0 Å². The maximum absolute atomic E-state index is 13.8. The molecule has 0 bridgehead atoms. The number of nitrogens with zero attached hydrogens (tertiary/aromatic N) is 2. The topological polar surface area (TPSA) is 40.6 Å². The molecule has 0 aliphatic carbocycles. The van der Waals surface area contributed by atoms with E-state index in [9.17, 15) is 14.0 Å². The van der Waals surface area contributed by atoms with Crippen LogP contribution in [0.5, 0.6) is 0 Å². The van der Waals surface area contributed by atoms with Crippen LogP contribution in [0.4, 0.5) is 10.1 Å². The van der Waals surface area contributed by atoms with E-state index in [0.29, 0.717) is 34.9 Å². The molecular formula is C19H18ClFN2O2. The smallest absolute Gasteiger partial charge is 0.254 e. The van der Waals surface area contributed by atoms with E-state index in [4.69, 9.17) is 11.6 Å². The molecule has 1 atom stereocenters. The van der Waals surface area contributed by atoms with E-state index >= 15 is 0 Å². The molecule has 4 nitrogen and oxygen atoms in total. The highest BCUT2D eigenvalue weighted by Gasteiger charge is 2.35. The van der Waals surface area contributed by atoms with Crippen molar-refractivity contribution in [3.8, 4) is 0 Å². The zero-order chi connectivity index (χ0) is 18.1. The number of carbonyl (C=O) groups is 2. The van der Waals surface area contributed by atoms with Crippen LogP contribution in [0, 0.1) is 12.7 Å². The maximum Gasteiger partial charge on any atom is 0.254 e. The van der Waals surface area contributed by atoms with Crippen molar-refractivity contribution in [3.63, 3.8) is 0 Å². The van der Waals surface area contributed by atoms with E-state index < -0.39 is 6.04 Å². The summed E-state index contributed by atoms with van der Waals surface area (Å²) in [4.78, 5) is 28.5. The monoisotopic (exact) mass is 360 g/mol. The third-order valence-corrected chi connectivity index (χ3v) is 4.69. The highest BCUT2D eigenvalue weighted by Crippen LogP contribution is 2.24. The Morgan fingerprint density at radius 1 is 1.20 bits per heavy atom. The van der Waals surface area contributed by atoms with Gasteiger partial charge in [0.15, 0.2) is 0 Å². The maximum atomic E-state index is 13.8. The van der Waals surface area contributed by atoms with Gasteiger partial charge in [-0.2, -0.15) is 0 Å². The van der Waals surface area contributed by atoms with Gasteiger partial charge >= 0.3 is 0 Å². The van der Waals surface area contributed by atoms with E-state index in [1.54, 1.807) is 50.2 Å². The predicted octanol–water partition coefficient (Wildman–Crippen LogP) is 3.67. The van der Waals surface area contributed by atoms with Crippen LogP contribution in [0.3, 0.4) is 0 Å². The fourth-order valence-electron chi connectivity index (χ4n) is 2.94. The molecule has 0 N–H and O–H groups in total. The molecule has 1 unspecified atom stereocenters. The molecule has 1 aliphatic rings. The molecule has 0 spiro atoms. The first-order valence-electron chi connectivity index (χ1n) is 8.02. The van der Waals surface area contributed by atoms with Crippen LogP contribution in [0.1, 0.15) is 22.8 Å². The number of halogens is 2. The molecule has 2 amide bonds. The first-order chi connectivity index (χ1) is 11.9. The number of hydrogen-bond acceptors (Lipinski definition) is 2. The standard InChI is InChI=1S/C19H18ClFN2O2/c1-12-6-7-16(11-17(12)21)23-9-8-22(13(2)18(23)24)19(25)14-4-3-5-15(20)10-14/h3-7,10-11,13H,8-9H2,1-2H3. The second kappa shape index (κ2) is 6.84. The summed E-state index contributed by atoms with van der Waals surface area (Å²) in [7, 11) is 0. The summed E-state index contributed by atoms with van der Waals surface area (Å²) in [5.41, 5.74) is 1.48. The molecule has 2 aromatic carbocycles. The highest BCUT2D eigenvalue weighted by molar-refractivity contribution is 6.31. The van der Waals surface area contributed by atoms with Crippen LogP contribution in [-0.4, -0.2) is 35.8 Å². The minimum Gasteiger partial charge on any atom is -0.325 e. The summed E-state index contributed by atoms with van der Waals surface area (Å²) in [5.74, 6) is -0.821. The van der Waals surface area contributed by atoms with Gasteiger partial charge < -0.3 is 9.80 Å². The summed E-state index contributed by atoms with van der Waals surface area (Å²) >= 11 is 5.94. The molecule has 1 fully saturated rings. The van der Waals surface area contributed by atoms with Crippen LogP contribution in [-0.2, 0) is 4.79 Å². The summed E-state index contributed by atoms with van der Waals surface area (Å²) in [6.45, 7) is 4.04. The van der Waals surface area contributed by atoms with Crippen molar-refractivity contribution in [2.24, 2.45) is 0 Å². The van der Waals surface area contributed by atoms with E-state index in [0.717, 1.165) is 0 Å². The third kappa shape index (κ3) is 3.37. The van der Waals surface area contributed by atoms with Gasteiger partial charge in [0.05, 0.1) is 0 Å². The van der Waals surface area contributed by atoms with Crippen molar-refractivity contribution >= 4 is 29.1 Å². The molecule has 0 radical (unpaired) electrons. The second-order valence-corrected chi connectivity index (χ2v) is 6.54. The number of anilines is 1. The van der Waals surface area contributed by atoms with Gasteiger partial charge in [-0.1, -0.05) is 23.7 Å². The number of benzene rings is 2. The fraction of sp³-hybridized carbons (Fsp3) is 0.263. The molecular weight excluding hydrogens is 343 g/mol. The molecule has 3 rings (SSSR count). The molecule has 1 aliphatic heterocycles. The van der Waals surface area contributed by atoms with Gasteiger partial charge in [0.2, 0.25) is 5.91 Å². The zero-order valence-electron chi connectivity index (χ0n) is 14.0. The van der Waals surface area contributed by atoms with Gasteiger partial charge in [0.25, 0.3) is 5.91 Å². The van der Waals surface area contributed by atoms with E-state index in [-0.39, 0.29) is 17.6 Å². The summed E-state index contributed by atoms with van der Waals surface area (Å²) < 4.78 is 13.8. The van der Waals surface area contributed by atoms with Crippen LogP contribution < -0.4 is 4.90 Å². The normalized spacial score (nSPS) is 17.8. The summed E-state index contributed by atoms with van der Waals surface area (Å²) in [6.07, 6.45) is 0. The SMILES string of the molecule is Cc1ccc(N2CCN(C(=O)c3cccc(Cl)c3)C(C)C2=O)cc1F. The Morgan fingerprint density at radius 2 is 1.96 bits per heavy atom. The number of piperazine rings is 1. The Bertz CT molecular complexity index is 840. The van der Waals surface area contributed by atoms with Crippen molar-refractivity contribution < 1.29 is 14.0 Å². The van der Waals surface area contributed by atoms with Crippen molar-refractivity contribution in [3.05, 3.63) is 64.4 Å². The summed E-state index contributed by atoms with van der Waals surface area (Å²) in [5, 5.41) is 0.471. The quantitative estimate of drug-likeness (QED) is 0.820. The minimum absolute atomic E-state index is 0.232. The highest BCUT2D eigenvalue weighted by atomic mass is 35.5. The van der Waals surface area contributed by atoms with Gasteiger partial charge in [-0.25, -0.2) is 4.39 Å². The van der Waals surface area contributed by atoms with Crippen LogP contribution >= 0.6 is 11.6 Å². The average molecular weight is 361 g/mol. The molecule has 6 heteroatoms. The van der Waals surface area contributed by atoms with E-state index in [1.807, 2.05) is 0 Å². The lowest BCUT2D eigenvalue weighted by atomic mass is 10.1. The minimum atomic E-state index is -0.635. The lowest BCUT2D eigenvalue weighted by molar-refractivity contribution is -0.124. The van der Waals surface area contributed by atoms with Crippen LogP contribution in [0.15, 0.2) is 42.5 Å². The Kier molecular flexibility index (Phi) is 4.77. The zero-order valence-corrected chi connectivity index (χ0v) is 14.8. The average Bonchev–Trinajstić information content (AvgIpc) is 2.59. The van der Waals surface area contributed by atoms with Crippen LogP contribution in [0.2, 0.25) is 5.02 Å². The Morgan fingerprint density at radius 3 is 2.64 bits per heavy atom. The fourth-order valence-corrected chi connectivity index (χ4v) is 3.13. The van der Waals surface area contributed by atoms with Crippen molar-refractivity contribution in [2.45, 2.75) is 19.9 Å². The number of carbonyl (C=O) groups excluding carboxylic acids is 2. The van der Waals surface area contributed by atoms with Gasteiger partial charge in [0.1, 0.15) is 11.9 Å². The van der Waals surface area contributed by atoms with Crippen molar-refractivity contribution in [2.75, 3.05) is 18.0 Å². The second-order valence-electron chi connectivity index (χ2n) is 6.11. The van der Waals surface area contributed by atoms with Gasteiger partial charge in [-0.05, 0) is 49.7 Å². The van der Waals surface area contributed by atoms with Gasteiger partial charge in [-0.3, -0.25) is 9.59 Å². The molecule has 0 saturated carbocycles. The molecule has 2 aromatic rings. The summed E-state index contributed by atoms with van der Waals surface area (Å²) in [6, 6.07) is 10.7. The number of aryl methyl sites for hydroxylation is 1. The first kappa shape index (κ1) is 17.4. The molecule has 1 heterocycles. The van der Waals surface area contributed by atoms with Gasteiger partial charge in [0, 0.05) is 29.4 Å². The third-order valence-electron chi connectivity index (χ3n) is 4.45. The van der Waals surface area contributed by atoms with Crippen molar-refractivity contribution in [1.29, 1.82) is 0 Å². The molecule has 25 heavy (non-hydrogen) atoms. The van der Waals surface area contributed by atoms with E-state index in [1.165, 1.54) is 15.9 Å². The Hall–Kier alpha value is -2.40. The Balaban J connectivity index is 1.81. The van der Waals surface area contributed by atoms with Crippen LogP contribution in [0.25, 0.3) is 0 Å². The lowest BCUT2D eigenvalue weighted by Crippen LogP contribution is -2.57. The molecule has 130 valence electrons. The molecule has 0 aromatic heterocycles. The molecule has 1 saturated heterocycles. The number of rotatable bonds is 2. The number of hydrogen-bond donors (Lipinski definition) is 0. The first-order valence-corrected chi connectivity index (χ1v) is 8.40. The Labute approximate surface area is 150 Å². The largest absolute Gasteiger partial charge is 0.325 e. The number of amides is 2. The van der Waals surface area contributed by atoms with E-state index in [2.05, 4.69) is 0 Å². The lowest BCUT2D eigenvalue weighted by Gasteiger charge is -2.39. The van der Waals surface area contributed by atoms with Crippen molar-refractivity contribution in [1.82, 2.24) is 4.90 Å².